The largest absolute Gasteiger partial charge is 0.467 e. The number of halogens is 1. The number of amides is 1. The van der Waals surface area contributed by atoms with Crippen molar-refractivity contribution in [2.24, 2.45) is 0 Å². The Kier molecular flexibility index (Phi) is 5.47. The summed E-state index contributed by atoms with van der Waals surface area (Å²) < 4.78 is 5.71. The number of esters is 1. The van der Waals surface area contributed by atoms with Crippen molar-refractivity contribution in [3.05, 3.63) is 45.3 Å². The molecular weight excluding hydrogens is 354 g/mol. The van der Waals surface area contributed by atoms with Crippen LogP contribution in [0, 0.1) is 0 Å². The molecule has 1 atom stereocenters. The third-order valence-electron chi connectivity index (χ3n) is 3.15. The van der Waals surface area contributed by atoms with E-state index in [0.717, 1.165) is 15.8 Å². The summed E-state index contributed by atoms with van der Waals surface area (Å²) >= 11 is 4.92. The van der Waals surface area contributed by atoms with E-state index in [4.69, 9.17) is 4.74 Å². The first-order valence-electron chi connectivity index (χ1n) is 6.55. The Bertz CT molecular complexity index is 574. The van der Waals surface area contributed by atoms with Gasteiger partial charge in [-0.3, -0.25) is 4.79 Å². The number of hydrogen-bond acceptors (Lipinski definition) is 4. The Morgan fingerprint density at radius 2 is 2.10 bits per heavy atom. The van der Waals surface area contributed by atoms with Crippen molar-refractivity contribution in [1.82, 2.24) is 4.90 Å². The summed E-state index contributed by atoms with van der Waals surface area (Å²) in [6.07, 6.45) is 0. The summed E-state index contributed by atoms with van der Waals surface area (Å²) in [6.45, 7) is 2.37. The highest BCUT2D eigenvalue weighted by atomic mass is 79.9. The molecule has 0 spiro atoms. The molecule has 0 N–H and O–H groups in total. The number of rotatable bonds is 5. The molecule has 4 nitrogen and oxygen atoms in total. The minimum absolute atomic E-state index is 0.132. The number of ether oxygens (including phenoxy) is 1. The summed E-state index contributed by atoms with van der Waals surface area (Å²) in [4.78, 5) is 26.9. The highest BCUT2D eigenvalue weighted by Gasteiger charge is 2.38. The molecule has 6 heteroatoms. The van der Waals surface area contributed by atoms with Crippen molar-refractivity contribution < 1.29 is 14.3 Å². The molecule has 1 aromatic carbocycles. The van der Waals surface area contributed by atoms with Crippen molar-refractivity contribution in [3.63, 3.8) is 0 Å². The molecule has 1 aliphatic heterocycles. The van der Waals surface area contributed by atoms with Gasteiger partial charge in [0.2, 0.25) is 0 Å². The van der Waals surface area contributed by atoms with E-state index in [-0.39, 0.29) is 5.91 Å². The van der Waals surface area contributed by atoms with E-state index in [1.807, 2.05) is 37.3 Å². The number of thioether (sulfide) groups is 1. The van der Waals surface area contributed by atoms with Gasteiger partial charge in [-0.1, -0.05) is 53.2 Å². The Morgan fingerprint density at radius 1 is 1.43 bits per heavy atom. The van der Waals surface area contributed by atoms with E-state index in [1.54, 1.807) is 4.90 Å². The summed E-state index contributed by atoms with van der Waals surface area (Å²) in [5.41, 5.74) is 0.751. The molecule has 112 valence electrons. The van der Waals surface area contributed by atoms with E-state index < -0.39 is 12.0 Å². The SMILES string of the molecule is CCSC1=C(Br)CN([C@@H](C(=O)OC)c2ccccc2)C1=O. The fourth-order valence-electron chi connectivity index (χ4n) is 2.22. The summed E-state index contributed by atoms with van der Waals surface area (Å²) in [5.74, 6) is 0.240. The minimum Gasteiger partial charge on any atom is -0.467 e. The van der Waals surface area contributed by atoms with Crippen LogP contribution >= 0.6 is 27.7 Å². The lowest BCUT2D eigenvalue weighted by atomic mass is 10.1. The maximum atomic E-state index is 12.6. The van der Waals surface area contributed by atoms with Crippen LogP contribution in [0.1, 0.15) is 18.5 Å². The van der Waals surface area contributed by atoms with Gasteiger partial charge >= 0.3 is 5.97 Å². The van der Waals surface area contributed by atoms with Crippen molar-refractivity contribution in [1.29, 1.82) is 0 Å². The van der Waals surface area contributed by atoms with Crippen LogP contribution in [0.2, 0.25) is 0 Å². The number of carbonyl (C=O) groups excluding carboxylic acids is 2. The second-order valence-corrected chi connectivity index (χ2v) is 6.67. The zero-order valence-corrected chi connectivity index (χ0v) is 14.2. The molecule has 2 rings (SSSR count). The molecule has 0 saturated heterocycles. The van der Waals surface area contributed by atoms with Crippen molar-refractivity contribution in [2.45, 2.75) is 13.0 Å². The van der Waals surface area contributed by atoms with Gasteiger partial charge in [0, 0.05) is 4.48 Å². The van der Waals surface area contributed by atoms with Gasteiger partial charge in [0.25, 0.3) is 5.91 Å². The molecular formula is C15H16BrNO3S. The molecule has 0 aliphatic carbocycles. The standard InChI is InChI=1S/C15H16BrNO3S/c1-3-21-13-11(16)9-17(14(13)18)12(15(19)20-2)10-7-5-4-6-8-10/h4-8,12H,3,9H2,1-2H3/t12-/m1/s1. The summed E-state index contributed by atoms with van der Waals surface area (Å²) in [5, 5.41) is 0. The molecule has 1 aromatic rings. The van der Waals surface area contributed by atoms with Crippen LogP contribution in [0.3, 0.4) is 0 Å². The molecule has 1 amide bonds. The highest BCUT2D eigenvalue weighted by molar-refractivity contribution is 9.11. The lowest BCUT2D eigenvalue weighted by molar-refractivity contribution is -0.151. The van der Waals surface area contributed by atoms with Crippen LogP contribution in [-0.2, 0) is 14.3 Å². The van der Waals surface area contributed by atoms with Crippen molar-refractivity contribution >= 4 is 39.6 Å². The first-order valence-corrected chi connectivity index (χ1v) is 8.33. The van der Waals surface area contributed by atoms with E-state index in [9.17, 15) is 9.59 Å². The second kappa shape index (κ2) is 7.13. The molecule has 0 aromatic heterocycles. The number of hydrogen-bond donors (Lipinski definition) is 0. The van der Waals surface area contributed by atoms with Gasteiger partial charge in [-0.15, -0.1) is 11.8 Å². The van der Waals surface area contributed by atoms with Gasteiger partial charge in [0.1, 0.15) is 0 Å². The number of nitrogens with zero attached hydrogens (tertiary/aromatic N) is 1. The molecule has 0 unspecified atom stereocenters. The predicted molar refractivity (Wildman–Crippen MR) is 87.0 cm³/mol. The fourth-order valence-corrected chi connectivity index (χ4v) is 3.76. The van der Waals surface area contributed by atoms with Crippen LogP contribution in [0.25, 0.3) is 0 Å². The monoisotopic (exact) mass is 369 g/mol. The summed E-state index contributed by atoms with van der Waals surface area (Å²) in [7, 11) is 1.34. The maximum absolute atomic E-state index is 12.6. The first-order chi connectivity index (χ1) is 10.1. The van der Waals surface area contributed by atoms with E-state index in [1.165, 1.54) is 18.9 Å². The molecule has 0 radical (unpaired) electrons. The smallest absolute Gasteiger partial charge is 0.333 e. The molecule has 0 saturated carbocycles. The zero-order valence-electron chi connectivity index (χ0n) is 11.8. The average molecular weight is 370 g/mol. The van der Waals surface area contributed by atoms with Crippen LogP contribution in [0.15, 0.2) is 39.7 Å². The molecule has 0 bridgehead atoms. The highest BCUT2D eigenvalue weighted by Crippen LogP contribution is 2.37. The lowest BCUT2D eigenvalue weighted by Crippen LogP contribution is -2.37. The quantitative estimate of drug-likeness (QED) is 0.748. The molecule has 0 fully saturated rings. The first kappa shape index (κ1) is 16.1. The Hall–Kier alpha value is -1.27. The number of carbonyl (C=O) groups is 2. The Labute approximate surface area is 136 Å². The van der Waals surface area contributed by atoms with Crippen LogP contribution in [0.5, 0.6) is 0 Å². The van der Waals surface area contributed by atoms with E-state index >= 15 is 0 Å². The van der Waals surface area contributed by atoms with Gasteiger partial charge in [-0.25, -0.2) is 4.79 Å². The van der Waals surface area contributed by atoms with Gasteiger partial charge in [0.05, 0.1) is 18.6 Å². The molecule has 1 heterocycles. The minimum atomic E-state index is -0.716. The average Bonchev–Trinajstić information content (AvgIpc) is 2.77. The third kappa shape index (κ3) is 3.32. The van der Waals surface area contributed by atoms with Gasteiger partial charge < -0.3 is 9.64 Å². The predicted octanol–water partition coefficient (Wildman–Crippen LogP) is 3.10. The molecule has 1 aliphatic rings. The Morgan fingerprint density at radius 3 is 2.67 bits per heavy atom. The lowest BCUT2D eigenvalue weighted by Gasteiger charge is -2.26. The van der Waals surface area contributed by atoms with Gasteiger partial charge in [-0.05, 0) is 11.3 Å². The normalized spacial score (nSPS) is 16.3. The third-order valence-corrected chi connectivity index (χ3v) is 5.06. The zero-order chi connectivity index (χ0) is 15.4. The van der Waals surface area contributed by atoms with Crippen LogP contribution in [0.4, 0.5) is 0 Å². The summed E-state index contributed by atoms with van der Waals surface area (Å²) in [6, 6.07) is 8.50. The van der Waals surface area contributed by atoms with Crippen LogP contribution in [-0.4, -0.2) is 36.2 Å². The molecule has 21 heavy (non-hydrogen) atoms. The van der Waals surface area contributed by atoms with Crippen molar-refractivity contribution in [3.8, 4) is 0 Å². The van der Waals surface area contributed by atoms with Gasteiger partial charge in [0.15, 0.2) is 6.04 Å². The van der Waals surface area contributed by atoms with Crippen LogP contribution < -0.4 is 0 Å². The second-order valence-electron chi connectivity index (χ2n) is 4.44. The fraction of sp³-hybridized carbons (Fsp3) is 0.333. The number of methoxy groups -OCH3 is 1. The van der Waals surface area contributed by atoms with E-state index in [0.29, 0.717) is 11.4 Å². The topological polar surface area (TPSA) is 46.6 Å². The van der Waals surface area contributed by atoms with E-state index in [2.05, 4.69) is 15.9 Å². The maximum Gasteiger partial charge on any atom is 0.333 e. The Balaban J connectivity index is 2.33. The van der Waals surface area contributed by atoms with Gasteiger partial charge in [-0.2, -0.15) is 0 Å². The number of benzene rings is 1. The van der Waals surface area contributed by atoms with Crippen molar-refractivity contribution in [2.75, 3.05) is 19.4 Å².